The smallest absolute Gasteiger partial charge is 0.221 e. The number of hydrogen-bond donors (Lipinski definition) is 4. The van der Waals surface area contributed by atoms with Gasteiger partial charge >= 0.3 is 0 Å². The third-order valence-corrected chi connectivity index (χ3v) is 2.51. The van der Waals surface area contributed by atoms with Crippen molar-refractivity contribution in [3.05, 3.63) is 24.3 Å². The lowest BCUT2D eigenvalue weighted by Gasteiger charge is -2.07. The number of nitrogens with zero attached hydrogens (tertiary/aromatic N) is 2. The Bertz CT molecular complexity index is 475. The van der Waals surface area contributed by atoms with E-state index in [1.54, 1.807) is 13.1 Å². The van der Waals surface area contributed by atoms with Crippen LogP contribution in [0.4, 0.5) is 11.4 Å². The van der Waals surface area contributed by atoms with Gasteiger partial charge in [-0.3, -0.25) is 4.99 Å². The van der Waals surface area contributed by atoms with Crippen LogP contribution < -0.4 is 22.1 Å². The molecule has 96 valence electrons. The summed E-state index contributed by atoms with van der Waals surface area (Å²) in [7, 11) is 1.68. The summed E-state index contributed by atoms with van der Waals surface area (Å²) in [5, 5.41) is 6.15. The van der Waals surface area contributed by atoms with E-state index in [2.05, 4.69) is 20.6 Å². The molecule has 2 rings (SSSR count). The zero-order chi connectivity index (χ0) is 13.0. The molecular formula is C12H18N6. The molecule has 6 heteroatoms. The first kappa shape index (κ1) is 12.2. The van der Waals surface area contributed by atoms with Crippen molar-refractivity contribution in [3.8, 4) is 0 Å². The Hall–Kier alpha value is -2.24. The maximum atomic E-state index is 5.81. The van der Waals surface area contributed by atoms with Crippen LogP contribution >= 0.6 is 0 Å². The lowest BCUT2D eigenvalue weighted by atomic mass is 10.3. The first-order chi connectivity index (χ1) is 8.67. The van der Waals surface area contributed by atoms with Crippen LogP contribution in [0, 0.1) is 0 Å². The SMILES string of the molecule is CN=C(N=C(N)Nc1cccc(N)c1)NC1CC1. The maximum Gasteiger partial charge on any atom is 0.221 e. The van der Waals surface area contributed by atoms with Gasteiger partial charge in [0, 0.05) is 24.5 Å². The molecule has 18 heavy (non-hydrogen) atoms. The predicted molar refractivity (Wildman–Crippen MR) is 75.6 cm³/mol. The first-order valence-electron chi connectivity index (χ1n) is 5.87. The minimum Gasteiger partial charge on any atom is -0.399 e. The van der Waals surface area contributed by atoms with E-state index in [1.807, 2.05) is 18.2 Å². The van der Waals surface area contributed by atoms with Crippen molar-refractivity contribution in [2.75, 3.05) is 18.1 Å². The van der Waals surface area contributed by atoms with Gasteiger partial charge in [0.2, 0.25) is 11.9 Å². The van der Waals surface area contributed by atoms with Crippen LogP contribution in [0.3, 0.4) is 0 Å². The molecule has 1 fully saturated rings. The Morgan fingerprint density at radius 2 is 2.17 bits per heavy atom. The van der Waals surface area contributed by atoms with Crippen LogP contribution in [-0.2, 0) is 0 Å². The molecule has 0 radical (unpaired) electrons. The van der Waals surface area contributed by atoms with Crippen molar-refractivity contribution in [2.45, 2.75) is 18.9 Å². The van der Waals surface area contributed by atoms with E-state index in [0.29, 0.717) is 17.7 Å². The normalized spacial score (nSPS) is 16.5. The number of guanidine groups is 2. The standard InChI is InChI=1S/C12H18N6/c1-15-12(17-9-5-6-9)18-11(14)16-10-4-2-3-8(13)7-10/h2-4,7,9H,5-6,13H2,1H3,(H4,14,15,16,17,18). The highest BCUT2D eigenvalue weighted by Gasteiger charge is 2.22. The van der Waals surface area contributed by atoms with Gasteiger partial charge in [-0.25, -0.2) is 0 Å². The molecule has 1 saturated carbocycles. The molecule has 0 unspecified atom stereocenters. The van der Waals surface area contributed by atoms with Crippen molar-refractivity contribution >= 4 is 23.3 Å². The molecule has 1 aliphatic rings. The summed E-state index contributed by atoms with van der Waals surface area (Å²) in [6.07, 6.45) is 2.33. The number of rotatable bonds is 2. The third-order valence-electron chi connectivity index (χ3n) is 2.51. The summed E-state index contributed by atoms with van der Waals surface area (Å²) in [6.45, 7) is 0. The van der Waals surface area contributed by atoms with Gasteiger partial charge in [-0.15, -0.1) is 0 Å². The second kappa shape index (κ2) is 5.39. The first-order valence-corrected chi connectivity index (χ1v) is 5.87. The zero-order valence-electron chi connectivity index (χ0n) is 10.4. The number of hydrogen-bond acceptors (Lipinski definition) is 2. The van der Waals surface area contributed by atoms with E-state index in [1.165, 1.54) is 0 Å². The fourth-order valence-corrected chi connectivity index (χ4v) is 1.46. The number of aliphatic imine (C=N–C) groups is 2. The zero-order valence-corrected chi connectivity index (χ0v) is 10.4. The van der Waals surface area contributed by atoms with Crippen LogP contribution in [0.15, 0.2) is 34.3 Å². The quantitative estimate of drug-likeness (QED) is 0.351. The summed E-state index contributed by atoms with van der Waals surface area (Å²) in [5.41, 5.74) is 13.0. The molecular weight excluding hydrogens is 228 g/mol. The summed E-state index contributed by atoms with van der Waals surface area (Å²) in [4.78, 5) is 8.22. The molecule has 1 aromatic rings. The van der Waals surface area contributed by atoms with Gasteiger partial charge in [0.05, 0.1) is 0 Å². The van der Waals surface area contributed by atoms with E-state index in [9.17, 15) is 0 Å². The van der Waals surface area contributed by atoms with Crippen molar-refractivity contribution in [1.29, 1.82) is 0 Å². The Kier molecular flexibility index (Phi) is 3.66. The highest BCUT2D eigenvalue weighted by Crippen LogP contribution is 2.18. The summed E-state index contributed by atoms with van der Waals surface area (Å²) in [5.74, 6) is 0.834. The molecule has 0 heterocycles. The molecule has 0 saturated heterocycles. The predicted octanol–water partition coefficient (Wildman–Crippen LogP) is 0.733. The van der Waals surface area contributed by atoms with Crippen molar-refractivity contribution in [1.82, 2.24) is 5.32 Å². The molecule has 1 aliphatic carbocycles. The molecule has 0 spiro atoms. The van der Waals surface area contributed by atoms with Gasteiger partial charge in [0.1, 0.15) is 0 Å². The second-order valence-electron chi connectivity index (χ2n) is 4.21. The van der Waals surface area contributed by atoms with E-state index in [0.717, 1.165) is 18.5 Å². The summed E-state index contributed by atoms with van der Waals surface area (Å²) < 4.78 is 0. The monoisotopic (exact) mass is 246 g/mol. The Balaban J connectivity index is 1.99. The minimum atomic E-state index is 0.286. The van der Waals surface area contributed by atoms with Gasteiger partial charge in [0.15, 0.2) is 0 Å². The van der Waals surface area contributed by atoms with Crippen LogP contribution in [0.2, 0.25) is 0 Å². The Morgan fingerprint density at radius 1 is 1.39 bits per heavy atom. The van der Waals surface area contributed by atoms with Gasteiger partial charge in [-0.1, -0.05) is 6.07 Å². The number of anilines is 2. The lowest BCUT2D eigenvalue weighted by Crippen LogP contribution is -2.30. The van der Waals surface area contributed by atoms with Crippen molar-refractivity contribution in [2.24, 2.45) is 15.7 Å². The second-order valence-corrected chi connectivity index (χ2v) is 4.21. The molecule has 0 atom stereocenters. The average Bonchev–Trinajstić information content (AvgIpc) is 3.12. The lowest BCUT2D eigenvalue weighted by molar-refractivity contribution is 0.894. The average molecular weight is 246 g/mol. The fraction of sp³-hybridized carbons (Fsp3) is 0.333. The van der Waals surface area contributed by atoms with Gasteiger partial charge < -0.3 is 22.1 Å². The largest absolute Gasteiger partial charge is 0.399 e. The van der Waals surface area contributed by atoms with Crippen LogP contribution in [0.25, 0.3) is 0 Å². The molecule has 6 nitrogen and oxygen atoms in total. The third kappa shape index (κ3) is 3.65. The van der Waals surface area contributed by atoms with E-state index in [4.69, 9.17) is 11.5 Å². The van der Waals surface area contributed by atoms with Gasteiger partial charge in [-0.05, 0) is 31.0 Å². The molecule has 0 aliphatic heterocycles. The van der Waals surface area contributed by atoms with Crippen molar-refractivity contribution < 1.29 is 0 Å². The topological polar surface area (TPSA) is 101 Å². The Morgan fingerprint density at radius 3 is 2.78 bits per heavy atom. The molecule has 0 bridgehead atoms. The van der Waals surface area contributed by atoms with Crippen LogP contribution in [-0.4, -0.2) is 25.0 Å². The fourth-order valence-electron chi connectivity index (χ4n) is 1.46. The number of benzene rings is 1. The van der Waals surface area contributed by atoms with Crippen LogP contribution in [0.5, 0.6) is 0 Å². The Labute approximate surface area is 106 Å². The van der Waals surface area contributed by atoms with Crippen molar-refractivity contribution in [3.63, 3.8) is 0 Å². The highest BCUT2D eigenvalue weighted by molar-refractivity contribution is 6.01. The highest BCUT2D eigenvalue weighted by atomic mass is 15.2. The number of nitrogens with one attached hydrogen (secondary N) is 2. The van der Waals surface area contributed by atoms with E-state index in [-0.39, 0.29) is 5.96 Å². The van der Waals surface area contributed by atoms with E-state index >= 15 is 0 Å². The minimum absolute atomic E-state index is 0.286. The van der Waals surface area contributed by atoms with Crippen LogP contribution in [0.1, 0.15) is 12.8 Å². The van der Waals surface area contributed by atoms with Gasteiger partial charge in [0.25, 0.3) is 0 Å². The summed E-state index contributed by atoms with van der Waals surface area (Å²) in [6, 6.07) is 7.82. The van der Waals surface area contributed by atoms with E-state index < -0.39 is 0 Å². The number of nitrogens with two attached hydrogens (primary N) is 2. The number of nitrogen functional groups attached to an aromatic ring is 1. The summed E-state index contributed by atoms with van der Waals surface area (Å²) >= 11 is 0. The maximum absolute atomic E-state index is 5.81. The molecule has 6 N–H and O–H groups in total. The molecule has 0 aromatic heterocycles. The van der Waals surface area contributed by atoms with Gasteiger partial charge in [-0.2, -0.15) is 4.99 Å². The molecule has 1 aromatic carbocycles. The molecule has 0 amide bonds.